The van der Waals surface area contributed by atoms with E-state index in [4.69, 9.17) is 9.47 Å². The van der Waals surface area contributed by atoms with Gasteiger partial charge < -0.3 is 24.6 Å². The van der Waals surface area contributed by atoms with E-state index in [0.29, 0.717) is 30.1 Å². The van der Waals surface area contributed by atoms with Gasteiger partial charge in [-0.25, -0.2) is 0 Å². The maximum absolute atomic E-state index is 13.2. The molecule has 0 spiro atoms. The number of benzene rings is 1. The lowest BCUT2D eigenvalue weighted by molar-refractivity contribution is -0.133. The summed E-state index contributed by atoms with van der Waals surface area (Å²) < 4.78 is 11.7. The van der Waals surface area contributed by atoms with Gasteiger partial charge in [0.1, 0.15) is 12.4 Å². The average molecular weight is 432 g/mol. The molecule has 1 saturated carbocycles. The molecule has 1 aliphatic heterocycles. The Morgan fingerprint density at radius 2 is 1.90 bits per heavy atom. The number of rotatable bonds is 3. The Labute approximate surface area is 183 Å². The van der Waals surface area contributed by atoms with Crippen molar-refractivity contribution in [3.05, 3.63) is 23.8 Å². The number of nitrogens with zero attached hydrogens (tertiary/aromatic N) is 2. The van der Waals surface area contributed by atoms with Crippen molar-refractivity contribution in [2.24, 2.45) is 11.8 Å². The molecule has 1 N–H and O–H groups in total. The molecule has 3 atom stereocenters. The second-order valence-corrected chi connectivity index (χ2v) is 8.74. The number of anilines is 1. The number of likely N-dealkylation sites (N-methyl/N-ethyl adjacent to an activating group) is 1. The molecule has 31 heavy (non-hydrogen) atoms. The fourth-order valence-corrected chi connectivity index (χ4v) is 3.88. The maximum Gasteiger partial charge on any atom is 0.257 e. The fraction of sp³-hybridized carbons (Fsp3) is 0.609. The van der Waals surface area contributed by atoms with Crippen LogP contribution in [0.15, 0.2) is 18.2 Å². The number of nitrogens with one attached hydrogen (secondary N) is 1. The Balaban J connectivity index is 1.92. The van der Waals surface area contributed by atoms with E-state index >= 15 is 0 Å². The summed E-state index contributed by atoms with van der Waals surface area (Å²) in [5, 5.41) is 2.90. The van der Waals surface area contributed by atoms with Crippen molar-refractivity contribution in [3.63, 3.8) is 0 Å². The minimum absolute atomic E-state index is 0.00963. The van der Waals surface area contributed by atoms with Crippen LogP contribution in [0.25, 0.3) is 0 Å². The van der Waals surface area contributed by atoms with E-state index in [1.165, 1.54) is 0 Å². The predicted octanol–water partition coefficient (Wildman–Crippen LogP) is 2.39. The zero-order valence-electron chi connectivity index (χ0n) is 19.0. The standard InChI is InChI=1S/C23H33N3O5/c1-14-11-26(16(3)27)15(2)13-31-20-10-18(24-22(28)17-6-7-17)8-9-19(20)23(29)25(4)12-21(14)30-5/h8-10,14-15,17,21H,6-7,11-13H2,1-5H3,(H,24,28)/t14-,15+,21+/m0/s1. The van der Waals surface area contributed by atoms with Crippen LogP contribution in [0.1, 0.15) is 44.0 Å². The van der Waals surface area contributed by atoms with Gasteiger partial charge in [-0.2, -0.15) is 0 Å². The molecule has 0 radical (unpaired) electrons. The molecule has 1 aromatic rings. The van der Waals surface area contributed by atoms with E-state index in [9.17, 15) is 14.4 Å². The molecule has 1 heterocycles. The highest BCUT2D eigenvalue weighted by Crippen LogP contribution is 2.32. The van der Waals surface area contributed by atoms with Crippen molar-refractivity contribution in [2.45, 2.75) is 45.8 Å². The Morgan fingerprint density at radius 1 is 1.19 bits per heavy atom. The molecule has 1 aromatic carbocycles. The number of hydrogen-bond acceptors (Lipinski definition) is 5. The molecule has 0 unspecified atom stereocenters. The Kier molecular flexibility index (Phi) is 7.20. The lowest BCUT2D eigenvalue weighted by Gasteiger charge is -2.35. The number of carbonyl (C=O) groups is 3. The number of methoxy groups -OCH3 is 1. The molecular weight excluding hydrogens is 398 g/mol. The molecule has 8 nitrogen and oxygen atoms in total. The van der Waals surface area contributed by atoms with Crippen LogP contribution in [0.2, 0.25) is 0 Å². The molecule has 1 fully saturated rings. The Bertz CT molecular complexity index is 839. The molecule has 8 heteroatoms. The van der Waals surface area contributed by atoms with Gasteiger partial charge in [0.25, 0.3) is 5.91 Å². The summed E-state index contributed by atoms with van der Waals surface area (Å²) in [6, 6.07) is 4.90. The highest BCUT2D eigenvalue weighted by molar-refractivity contribution is 5.99. The van der Waals surface area contributed by atoms with Crippen molar-refractivity contribution in [1.29, 1.82) is 0 Å². The first-order valence-electron chi connectivity index (χ1n) is 10.8. The summed E-state index contributed by atoms with van der Waals surface area (Å²) in [6.07, 6.45) is 1.60. The van der Waals surface area contributed by atoms with Crippen molar-refractivity contribution < 1.29 is 23.9 Å². The van der Waals surface area contributed by atoms with Crippen LogP contribution in [0, 0.1) is 11.8 Å². The maximum atomic E-state index is 13.2. The van der Waals surface area contributed by atoms with Crippen molar-refractivity contribution in [2.75, 3.05) is 39.2 Å². The van der Waals surface area contributed by atoms with Gasteiger partial charge >= 0.3 is 0 Å². The first-order chi connectivity index (χ1) is 14.7. The van der Waals surface area contributed by atoms with E-state index < -0.39 is 0 Å². The lowest BCUT2D eigenvalue weighted by atomic mass is 10.0. The van der Waals surface area contributed by atoms with Gasteiger partial charge in [0, 0.05) is 57.8 Å². The van der Waals surface area contributed by atoms with E-state index in [-0.39, 0.29) is 48.3 Å². The second kappa shape index (κ2) is 9.68. The number of amides is 3. The van der Waals surface area contributed by atoms with E-state index in [0.717, 1.165) is 12.8 Å². The average Bonchev–Trinajstić information content (AvgIpc) is 3.58. The Hall–Kier alpha value is -2.61. The normalized spacial score (nSPS) is 25.1. The van der Waals surface area contributed by atoms with Crippen molar-refractivity contribution in [1.82, 2.24) is 9.80 Å². The molecule has 0 aromatic heterocycles. The largest absolute Gasteiger partial charge is 0.491 e. The number of hydrogen-bond donors (Lipinski definition) is 1. The summed E-state index contributed by atoms with van der Waals surface area (Å²) in [5.74, 6) is 0.274. The molecule has 2 aliphatic rings. The van der Waals surface area contributed by atoms with Gasteiger partial charge in [-0.05, 0) is 31.9 Å². The third kappa shape index (κ3) is 5.55. The smallest absolute Gasteiger partial charge is 0.257 e. The van der Waals surface area contributed by atoms with Crippen molar-refractivity contribution in [3.8, 4) is 5.75 Å². The van der Waals surface area contributed by atoms with Crippen LogP contribution in [0.4, 0.5) is 5.69 Å². The topological polar surface area (TPSA) is 88.2 Å². The molecule has 3 amide bonds. The van der Waals surface area contributed by atoms with Crippen LogP contribution >= 0.6 is 0 Å². The fourth-order valence-electron chi connectivity index (χ4n) is 3.88. The summed E-state index contributed by atoms with van der Waals surface area (Å²) in [7, 11) is 3.35. The quantitative estimate of drug-likeness (QED) is 0.794. The number of carbonyl (C=O) groups excluding carboxylic acids is 3. The third-order valence-corrected chi connectivity index (χ3v) is 6.07. The van der Waals surface area contributed by atoms with Gasteiger partial charge in [-0.3, -0.25) is 14.4 Å². The van der Waals surface area contributed by atoms with E-state index in [1.807, 2.05) is 13.8 Å². The third-order valence-electron chi connectivity index (χ3n) is 6.07. The lowest BCUT2D eigenvalue weighted by Crippen LogP contribution is -2.48. The molecule has 1 aliphatic carbocycles. The monoisotopic (exact) mass is 431 g/mol. The zero-order chi connectivity index (χ0) is 22.7. The highest BCUT2D eigenvalue weighted by atomic mass is 16.5. The molecule has 3 rings (SSSR count). The first kappa shape index (κ1) is 23.1. The molecule has 0 bridgehead atoms. The molecule has 0 saturated heterocycles. The summed E-state index contributed by atoms with van der Waals surface area (Å²) in [6.45, 7) is 6.61. The predicted molar refractivity (Wildman–Crippen MR) is 117 cm³/mol. The van der Waals surface area contributed by atoms with Gasteiger partial charge in [-0.1, -0.05) is 6.92 Å². The number of fused-ring (bicyclic) bond motifs is 1. The summed E-state index contributed by atoms with van der Waals surface area (Å²) in [4.78, 5) is 41.0. The van der Waals surface area contributed by atoms with Crippen LogP contribution in [-0.2, 0) is 14.3 Å². The minimum Gasteiger partial charge on any atom is -0.491 e. The van der Waals surface area contributed by atoms with Gasteiger partial charge in [-0.15, -0.1) is 0 Å². The van der Waals surface area contributed by atoms with Crippen LogP contribution in [0.3, 0.4) is 0 Å². The summed E-state index contributed by atoms with van der Waals surface area (Å²) >= 11 is 0. The highest BCUT2D eigenvalue weighted by Gasteiger charge is 2.31. The zero-order valence-corrected chi connectivity index (χ0v) is 19.0. The second-order valence-electron chi connectivity index (χ2n) is 8.74. The van der Waals surface area contributed by atoms with Gasteiger partial charge in [0.2, 0.25) is 11.8 Å². The Morgan fingerprint density at radius 3 is 2.52 bits per heavy atom. The first-order valence-corrected chi connectivity index (χ1v) is 10.8. The molecule has 170 valence electrons. The van der Waals surface area contributed by atoms with Gasteiger partial charge in [0.15, 0.2) is 0 Å². The summed E-state index contributed by atoms with van der Waals surface area (Å²) in [5.41, 5.74) is 1.01. The molecular formula is C23H33N3O5. The van der Waals surface area contributed by atoms with E-state index in [1.54, 1.807) is 49.1 Å². The van der Waals surface area contributed by atoms with Gasteiger partial charge in [0.05, 0.1) is 17.7 Å². The van der Waals surface area contributed by atoms with Crippen LogP contribution < -0.4 is 10.1 Å². The number of ether oxygens (including phenoxy) is 2. The van der Waals surface area contributed by atoms with Crippen LogP contribution in [0.5, 0.6) is 5.75 Å². The van der Waals surface area contributed by atoms with Crippen LogP contribution in [-0.4, -0.2) is 73.5 Å². The van der Waals surface area contributed by atoms with Crippen molar-refractivity contribution >= 4 is 23.4 Å². The van der Waals surface area contributed by atoms with E-state index in [2.05, 4.69) is 5.32 Å². The SMILES string of the molecule is CO[C@@H]1CN(C)C(=O)c2ccc(NC(=O)C3CC3)cc2OC[C@@H](C)N(C(C)=O)C[C@@H]1C. The minimum atomic E-state index is -0.219.